The van der Waals surface area contributed by atoms with E-state index in [1.54, 1.807) is 18.2 Å². The van der Waals surface area contributed by atoms with Crippen molar-refractivity contribution in [1.29, 1.82) is 0 Å². The minimum absolute atomic E-state index is 0.0825. The number of anilines is 1. The number of benzene rings is 2. The Morgan fingerprint density at radius 2 is 1.88 bits per heavy atom. The molecule has 2 N–H and O–H groups in total. The quantitative estimate of drug-likeness (QED) is 0.610. The zero-order chi connectivity index (χ0) is 18.5. The number of carbonyl (C=O) groups is 2. The fraction of sp³-hybridized carbons (Fsp3) is 0.105. The maximum Gasteiger partial charge on any atom is 0.263 e. The van der Waals surface area contributed by atoms with Crippen LogP contribution in [0, 0.1) is 6.92 Å². The van der Waals surface area contributed by atoms with E-state index < -0.39 is 0 Å². The van der Waals surface area contributed by atoms with E-state index >= 15 is 0 Å². The highest BCUT2D eigenvalue weighted by Gasteiger charge is 2.21. The SMILES string of the molecule is Cc1ccc(NC(=O)COc2ccc(/C=C3\SC(=S)NC3=O)cc2)cc1. The van der Waals surface area contributed by atoms with Gasteiger partial charge < -0.3 is 15.4 Å². The minimum atomic E-state index is -0.229. The molecule has 0 radical (unpaired) electrons. The Morgan fingerprint density at radius 3 is 2.50 bits per heavy atom. The largest absolute Gasteiger partial charge is 0.484 e. The lowest BCUT2D eigenvalue weighted by Gasteiger charge is -2.08. The Kier molecular flexibility index (Phi) is 5.70. The van der Waals surface area contributed by atoms with Crippen molar-refractivity contribution in [3.63, 3.8) is 0 Å². The molecule has 0 bridgehead atoms. The smallest absolute Gasteiger partial charge is 0.263 e. The van der Waals surface area contributed by atoms with E-state index in [2.05, 4.69) is 10.6 Å². The number of hydrogen-bond acceptors (Lipinski definition) is 5. The van der Waals surface area contributed by atoms with E-state index in [1.165, 1.54) is 11.8 Å². The van der Waals surface area contributed by atoms with Crippen molar-refractivity contribution in [3.8, 4) is 5.75 Å². The van der Waals surface area contributed by atoms with Crippen LogP contribution in [-0.4, -0.2) is 22.7 Å². The number of aryl methyl sites for hydroxylation is 1. The van der Waals surface area contributed by atoms with Gasteiger partial charge in [0.25, 0.3) is 11.8 Å². The van der Waals surface area contributed by atoms with Crippen molar-refractivity contribution < 1.29 is 14.3 Å². The number of hydrogen-bond donors (Lipinski definition) is 2. The van der Waals surface area contributed by atoms with Crippen LogP contribution < -0.4 is 15.4 Å². The number of ether oxygens (including phenoxy) is 1. The topological polar surface area (TPSA) is 67.4 Å². The summed E-state index contributed by atoms with van der Waals surface area (Å²) in [5, 5.41) is 5.35. The Labute approximate surface area is 160 Å². The third kappa shape index (κ3) is 4.93. The second-order valence-corrected chi connectivity index (χ2v) is 7.34. The summed E-state index contributed by atoms with van der Waals surface area (Å²) in [6.07, 6.45) is 1.76. The molecule has 7 heteroatoms. The van der Waals surface area contributed by atoms with Gasteiger partial charge in [-0.3, -0.25) is 9.59 Å². The van der Waals surface area contributed by atoms with Crippen molar-refractivity contribution in [1.82, 2.24) is 5.32 Å². The molecule has 3 rings (SSSR count). The maximum absolute atomic E-state index is 11.9. The van der Waals surface area contributed by atoms with Gasteiger partial charge in [-0.2, -0.15) is 0 Å². The van der Waals surface area contributed by atoms with Crippen molar-refractivity contribution in [2.24, 2.45) is 0 Å². The highest BCUT2D eigenvalue weighted by atomic mass is 32.2. The molecule has 1 saturated heterocycles. The van der Waals surface area contributed by atoms with E-state index in [0.29, 0.717) is 15.0 Å². The zero-order valence-electron chi connectivity index (χ0n) is 13.9. The van der Waals surface area contributed by atoms with Gasteiger partial charge in [-0.1, -0.05) is 53.8 Å². The molecule has 0 aromatic heterocycles. The second-order valence-electron chi connectivity index (χ2n) is 5.62. The van der Waals surface area contributed by atoms with Gasteiger partial charge in [-0.25, -0.2) is 0 Å². The van der Waals surface area contributed by atoms with Crippen molar-refractivity contribution in [3.05, 3.63) is 64.6 Å². The van der Waals surface area contributed by atoms with Crippen LogP contribution in [0.15, 0.2) is 53.4 Å². The molecule has 26 heavy (non-hydrogen) atoms. The summed E-state index contributed by atoms with van der Waals surface area (Å²) < 4.78 is 5.95. The molecular weight excluding hydrogens is 368 g/mol. The van der Waals surface area contributed by atoms with Crippen LogP contribution in [0.2, 0.25) is 0 Å². The van der Waals surface area contributed by atoms with Crippen molar-refractivity contribution in [2.75, 3.05) is 11.9 Å². The first kappa shape index (κ1) is 18.2. The highest BCUT2D eigenvalue weighted by Crippen LogP contribution is 2.26. The highest BCUT2D eigenvalue weighted by molar-refractivity contribution is 8.26. The Balaban J connectivity index is 1.53. The maximum atomic E-state index is 11.9. The lowest BCUT2D eigenvalue weighted by Crippen LogP contribution is -2.20. The van der Waals surface area contributed by atoms with Crippen LogP contribution in [0.5, 0.6) is 5.75 Å². The standard InChI is InChI=1S/C19H16N2O3S2/c1-12-2-6-14(7-3-12)20-17(22)11-24-15-8-4-13(5-9-15)10-16-18(23)21-19(25)26-16/h2-10H,11H2,1H3,(H,20,22)(H,21,23,25)/b16-10-. The van der Waals surface area contributed by atoms with Gasteiger partial charge in [0.15, 0.2) is 6.61 Å². The summed E-state index contributed by atoms with van der Waals surface area (Å²) in [5.41, 5.74) is 2.71. The molecule has 2 amide bonds. The van der Waals surface area contributed by atoms with Gasteiger partial charge in [0.1, 0.15) is 10.1 Å². The Bertz CT molecular complexity index is 875. The first-order valence-corrected chi connectivity index (χ1v) is 9.06. The third-order valence-corrected chi connectivity index (χ3v) is 4.69. The number of thiocarbonyl (C=S) groups is 1. The Morgan fingerprint density at radius 1 is 1.19 bits per heavy atom. The zero-order valence-corrected chi connectivity index (χ0v) is 15.6. The third-order valence-electron chi connectivity index (χ3n) is 3.53. The lowest BCUT2D eigenvalue weighted by molar-refractivity contribution is -0.118. The molecule has 0 atom stereocenters. The Hall–Kier alpha value is -2.64. The van der Waals surface area contributed by atoms with Gasteiger partial charge in [0.05, 0.1) is 4.91 Å². The first-order chi connectivity index (χ1) is 12.5. The van der Waals surface area contributed by atoms with Gasteiger partial charge in [0.2, 0.25) is 0 Å². The van der Waals surface area contributed by atoms with E-state index in [9.17, 15) is 9.59 Å². The summed E-state index contributed by atoms with van der Waals surface area (Å²) in [7, 11) is 0. The molecule has 0 aliphatic carbocycles. The molecule has 1 aliphatic rings. The molecule has 0 unspecified atom stereocenters. The van der Waals surface area contributed by atoms with Crippen LogP contribution >= 0.6 is 24.0 Å². The van der Waals surface area contributed by atoms with E-state index in [0.717, 1.165) is 16.8 Å². The van der Waals surface area contributed by atoms with Gasteiger partial charge in [0, 0.05) is 5.69 Å². The predicted octanol–water partition coefficient (Wildman–Crippen LogP) is 3.50. The lowest BCUT2D eigenvalue weighted by atomic mass is 10.2. The normalized spacial score (nSPS) is 15.0. The molecule has 5 nitrogen and oxygen atoms in total. The van der Waals surface area contributed by atoms with Crippen molar-refractivity contribution in [2.45, 2.75) is 6.92 Å². The summed E-state index contributed by atoms with van der Waals surface area (Å²) in [6.45, 7) is 1.90. The molecule has 132 valence electrons. The van der Waals surface area contributed by atoms with E-state index in [1.807, 2.05) is 43.3 Å². The number of thioether (sulfide) groups is 1. The van der Waals surface area contributed by atoms with Crippen LogP contribution in [0.4, 0.5) is 5.69 Å². The molecule has 1 fully saturated rings. The number of amides is 2. The van der Waals surface area contributed by atoms with Crippen molar-refractivity contribution >= 4 is 51.9 Å². The van der Waals surface area contributed by atoms with Gasteiger partial charge >= 0.3 is 0 Å². The molecule has 2 aromatic carbocycles. The number of carbonyl (C=O) groups excluding carboxylic acids is 2. The minimum Gasteiger partial charge on any atom is -0.484 e. The summed E-state index contributed by atoms with van der Waals surface area (Å²) in [4.78, 5) is 24.1. The van der Waals surface area contributed by atoms with Crippen LogP contribution in [0.3, 0.4) is 0 Å². The molecule has 0 saturated carbocycles. The van der Waals surface area contributed by atoms with E-state index in [-0.39, 0.29) is 18.4 Å². The van der Waals surface area contributed by atoms with Crippen LogP contribution in [-0.2, 0) is 9.59 Å². The fourth-order valence-corrected chi connectivity index (χ4v) is 3.26. The number of nitrogens with one attached hydrogen (secondary N) is 2. The summed E-state index contributed by atoms with van der Waals surface area (Å²) in [6, 6.07) is 14.7. The summed E-state index contributed by atoms with van der Waals surface area (Å²) >= 11 is 6.19. The molecule has 0 spiro atoms. The monoisotopic (exact) mass is 384 g/mol. The average molecular weight is 384 g/mol. The second kappa shape index (κ2) is 8.16. The average Bonchev–Trinajstić information content (AvgIpc) is 2.93. The molecule has 1 aliphatic heterocycles. The predicted molar refractivity (Wildman–Crippen MR) is 108 cm³/mol. The molecular formula is C19H16N2O3S2. The number of rotatable bonds is 5. The van der Waals surface area contributed by atoms with Crippen LogP contribution in [0.25, 0.3) is 6.08 Å². The first-order valence-electron chi connectivity index (χ1n) is 7.84. The fourth-order valence-electron chi connectivity index (χ4n) is 2.22. The van der Waals surface area contributed by atoms with E-state index in [4.69, 9.17) is 17.0 Å². The van der Waals surface area contributed by atoms with Gasteiger partial charge in [-0.15, -0.1) is 0 Å². The van der Waals surface area contributed by atoms with Crippen LogP contribution in [0.1, 0.15) is 11.1 Å². The van der Waals surface area contributed by atoms with Gasteiger partial charge in [-0.05, 0) is 42.8 Å². The molecule has 1 heterocycles. The molecule has 2 aromatic rings. The summed E-state index contributed by atoms with van der Waals surface area (Å²) in [5.74, 6) is 0.158.